The number of carbonyl (C=O) groups is 2. The van der Waals surface area contributed by atoms with E-state index in [1.165, 1.54) is 25.7 Å². The normalized spacial score (nSPS) is 9.29. The first-order chi connectivity index (χ1) is 13.0. The quantitative estimate of drug-likeness (QED) is 0.235. The number of hydrogen-bond acceptors (Lipinski definition) is 7. The Labute approximate surface area is 182 Å². The maximum atomic E-state index is 9.92. The van der Waals surface area contributed by atoms with E-state index in [-0.39, 0.29) is 29.9 Å². The number of unbranched alkanes of at least 4 members (excludes halogenated alkanes) is 8. The molecule has 0 saturated carbocycles. The summed E-state index contributed by atoms with van der Waals surface area (Å²) >= 11 is 0. The van der Waals surface area contributed by atoms with E-state index in [1.807, 2.05) is 0 Å². The zero-order valence-corrected chi connectivity index (χ0v) is 19.2. The van der Waals surface area contributed by atoms with Crippen LogP contribution in [-0.4, -0.2) is 38.1 Å². The van der Waals surface area contributed by atoms with E-state index in [0.29, 0.717) is 13.1 Å². The first-order valence-corrected chi connectivity index (χ1v) is 10.5. The van der Waals surface area contributed by atoms with Gasteiger partial charge in [0.25, 0.3) is 0 Å². The van der Waals surface area contributed by atoms with Crippen LogP contribution in [0.15, 0.2) is 0 Å². The first kappa shape index (κ1) is 34.8. The second kappa shape index (κ2) is 33.9. The Balaban J connectivity index is -0.000000154. The van der Waals surface area contributed by atoms with Crippen LogP contribution in [0.3, 0.4) is 0 Å². The van der Waals surface area contributed by atoms with Crippen LogP contribution >= 0.6 is 0 Å². The Morgan fingerprint density at radius 3 is 1.25 bits per heavy atom. The third kappa shape index (κ3) is 49.9. The van der Waals surface area contributed by atoms with E-state index in [9.17, 15) is 19.8 Å². The Bertz CT molecular complexity index is 281. The molecule has 7 nitrogen and oxygen atoms in total. The van der Waals surface area contributed by atoms with Crippen LogP contribution in [0.5, 0.6) is 0 Å². The number of carboxylic acids is 2. The van der Waals surface area contributed by atoms with Gasteiger partial charge in [0.15, 0.2) is 0 Å². The van der Waals surface area contributed by atoms with E-state index in [4.69, 9.17) is 11.5 Å². The number of rotatable bonds is 16. The Kier molecular flexibility index (Phi) is 42.1. The molecule has 0 atom stereocenters. The molecule has 0 spiro atoms. The number of carboxylic acid groups (broad SMARTS) is 2. The molecule has 169 valence electrons. The second-order valence-electron chi connectivity index (χ2n) is 6.40. The van der Waals surface area contributed by atoms with Gasteiger partial charge in [0.1, 0.15) is 0 Å². The van der Waals surface area contributed by atoms with Gasteiger partial charge in [0.2, 0.25) is 0 Å². The molecule has 0 amide bonds. The van der Waals surface area contributed by atoms with Gasteiger partial charge in [0, 0.05) is 38.1 Å². The average Bonchev–Trinajstić information content (AvgIpc) is 2.62. The fourth-order valence-corrected chi connectivity index (χ4v) is 2.07. The third-order valence-electron chi connectivity index (χ3n) is 3.61. The van der Waals surface area contributed by atoms with Crippen molar-refractivity contribution < 1.29 is 36.9 Å². The van der Waals surface area contributed by atoms with Crippen molar-refractivity contribution in [2.45, 2.75) is 90.9 Å². The van der Waals surface area contributed by atoms with E-state index in [1.54, 1.807) is 0 Å². The third-order valence-corrected chi connectivity index (χ3v) is 3.61. The van der Waals surface area contributed by atoms with Crippen LogP contribution in [0.2, 0.25) is 0 Å². The molecule has 0 aromatic rings. The summed E-state index contributed by atoms with van der Waals surface area (Å²) < 4.78 is 0. The molecular weight excluding hydrogens is 401 g/mol. The second-order valence-corrected chi connectivity index (χ2v) is 6.40. The maximum Gasteiger partial charge on any atom is 2.00 e. The van der Waals surface area contributed by atoms with Gasteiger partial charge in [-0.1, -0.05) is 65.2 Å². The smallest absolute Gasteiger partial charge is 0.550 e. The van der Waals surface area contributed by atoms with Gasteiger partial charge in [-0.2, -0.15) is 0 Å². The number of nitrogens with one attached hydrogen (secondary N) is 1. The van der Waals surface area contributed by atoms with Gasteiger partial charge in [-0.05, 0) is 25.7 Å². The van der Waals surface area contributed by atoms with Crippen LogP contribution < -0.4 is 27.0 Å². The van der Waals surface area contributed by atoms with Crippen LogP contribution in [0.25, 0.3) is 0 Å². The van der Waals surface area contributed by atoms with Crippen LogP contribution in [-0.2, 0) is 26.7 Å². The van der Waals surface area contributed by atoms with E-state index in [2.05, 4.69) is 19.2 Å². The monoisotopic (exact) mass is 444 g/mol. The van der Waals surface area contributed by atoms with Crippen LogP contribution in [0, 0.1) is 0 Å². The minimum absolute atomic E-state index is 0. The molecule has 0 aliphatic rings. The van der Waals surface area contributed by atoms with E-state index >= 15 is 0 Å². The van der Waals surface area contributed by atoms with Gasteiger partial charge in [0.05, 0.1) is 0 Å². The molecule has 5 N–H and O–H groups in total. The Morgan fingerprint density at radius 1 is 0.679 bits per heavy atom. The van der Waals surface area contributed by atoms with Crippen molar-refractivity contribution in [3.05, 3.63) is 0 Å². The summed E-state index contributed by atoms with van der Waals surface area (Å²) in [6.45, 7) is 7.41. The summed E-state index contributed by atoms with van der Waals surface area (Å²) in [7, 11) is 0. The van der Waals surface area contributed by atoms with Crippen molar-refractivity contribution in [1.82, 2.24) is 5.32 Å². The van der Waals surface area contributed by atoms with Crippen molar-refractivity contribution in [3.8, 4) is 0 Å². The van der Waals surface area contributed by atoms with Crippen LogP contribution in [0.4, 0.5) is 0 Å². The molecule has 0 aromatic heterocycles. The molecule has 0 fully saturated rings. The fraction of sp³-hybridized carbons (Fsp3) is 0.900. The van der Waals surface area contributed by atoms with Crippen molar-refractivity contribution in [2.75, 3.05) is 26.2 Å². The Morgan fingerprint density at radius 2 is 1.00 bits per heavy atom. The van der Waals surface area contributed by atoms with E-state index in [0.717, 1.165) is 51.6 Å². The number of aliphatic carboxylic acids is 2. The van der Waals surface area contributed by atoms with Crippen molar-refractivity contribution >= 4 is 11.9 Å². The molecule has 1 radical (unpaired) electrons. The summed E-state index contributed by atoms with van der Waals surface area (Å²) in [6.07, 6.45) is 11.2. The summed E-state index contributed by atoms with van der Waals surface area (Å²) in [5.74, 6) is -1.84. The molecule has 8 heteroatoms. The molecular formula is C20H43MnN3O4. The van der Waals surface area contributed by atoms with Crippen molar-refractivity contribution in [3.63, 3.8) is 0 Å². The van der Waals surface area contributed by atoms with Crippen molar-refractivity contribution in [2.24, 2.45) is 11.5 Å². The number of hydrogen-bond donors (Lipinski definition) is 3. The SMILES string of the molecule is CCCCCCCC(=O)[O-].CCCCCCCC(=O)[O-].NCCNCCN.[Mn+2]. The molecule has 0 unspecified atom stereocenters. The minimum atomic E-state index is -0.920. The molecule has 0 aliphatic heterocycles. The predicted octanol–water partition coefficient (Wildman–Crippen LogP) is 0.685. The molecule has 0 bridgehead atoms. The summed E-state index contributed by atoms with van der Waals surface area (Å²) in [5, 5.41) is 22.9. The minimum Gasteiger partial charge on any atom is -0.550 e. The fourth-order valence-electron chi connectivity index (χ4n) is 2.07. The average molecular weight is 445 g/mol. The summed E-state index contributed by atoms with van der Waals surface area (Å²) in [6, 6.07) is 0. The maximum absolute atomic E-state index is 9.92. The molecule has 0 aliphatic carbocycles. The first-order valence-electron chi connectivity index (χ1n) is 10.5. The zero-order chi connectivity index (χ0) is 21.2. The van der Waals surface area contributed by atoms with Crippen LogP contribution in [0.1, 0.15) is 90.9 Å². The summed E-state index contributed by atoms with van der Waals surface area (Å²) in [5.41, 5.74) is 10.3. The molecule has 0 rings (SSSR count). The number of carbonyl (C=O) groups excluding carboxylic acids is 2. The van der Waals surface area contributed by atoms with Gasteiger partial charge >= 0.3 is 17.1 Å². The van der Waals surface area contributed by atoms with Gasteiger partial charge in [-0.15, -0.1) is 0 Å². The predicted molar refractivity (Wildman–Crippen MR) is 108 cm³/mol. The van der Waals surface area contributed by atoms with Crippen molar-refractivity contribution in [1.29, 1.82) is 0 Å². The molecule has 28 heavy (non-hydrogen) atoms. The van der Waals surface area contributed by atoms with Gasteiger partial charge < -0.3 is 36.6 Å². The number of nitrogens with two attached hydrogens (primary N) is 2. The zero-order valence-electron chi connectivity index (χ0n) is 18.0. The summed E-state index contributed by atoms with van der Waals surface area (Å²) in [4.78, 5) is 19.8. The Hall–Kier alpha value is -0.661. The van der Waals surface area contributed by atoms with Gasteiger partial charge in [-0.25, -0.2) is 0 Å². The van der Waals surface area contributed by atoms with E-state index < -0.39 is 11.9 Å². The molecule has 0 heterocycles. The molecule has 0 saturated heterocycles. The molecule has 0 aromatic carbocycles. The standard InChI is InChI=1S/2C8H16O2.C4H13N3.Mn/c2*1-2-3-4-5-6-7-8(9)10;5-1-3-7-4-2-6;/h2*2-7H2,1H3,(H,9,10);7H,1-6H2;/q;;;+2/p-2. The van der Waals surface area contributed by atoms with Gasteiger partial charge in [-0.3, -0.25) is 0 Å². The topological polar surface area (TPSA) is 144 Å². The largest absolute Gasteiger partial charge is 2.00 e.